The van der Waals surface area contributed by atoms with Crippen molar-refractivity contribution in [2.45, 2.75) is 31.6 Å². The quantitative estimate of drug-likeness (QED) is 0.782. The molecular formula is C13H15F3N2O2. The summed E-state index contributed by atoms with van der Waals surface area (Å²) in [5, 5.41) is 14.0. The van der Waals surface area contributed by atoms with Gasteiger partial charge in [0.05, 0.1) is 12.5 Å². The summed E-state index contributed by atoms with van der Waals surface area (Å²) in [5.74, 6) is -0.511. The molecule has 1 heterocycles. The normalized spacial score (nSPS) is 25.5. The standard InChI is InChI=1S/C13H15F3N2O2/c1-7-10(6-13(14,15)16)17-9-5-3-2-4-8(9)11(7)18-12(19)20/h2-5,7,10-11,17-18H,6H2,1H3,(H,19,20)/t7-,10+,11-/m1/s1. The van der Waals surface area contributed by atoms with E-state index >= 15 is 0 Å². The molecule has 0 spiro atoms. The number of nitrogens with one attached hydrogen (secondary N) is 2. The molecule has 0 aromatic heterocycles. The molecule has 110 valence electrons. The zero-order valence-corrected chi connectivity index (χ0v) is 10.7. The van der Waals surface area contributed by atoms with Crippen LogP contribution in [0.5, 0.6) is 0 Å². The van der Waals surface area contributed by atoms with Crippen molar-refractivity contribution in [1.82, 2.24) is 5.32 Å². The van der Waals surface area contributed by atoms with Crippen molar-refractivity contribution >= 4 is 11.8 Å². The molecule has 0 saturated heterocycles. The summed E-state index contributed by atoms with van der Waals surface area (Å²) in [4.78, 5) is 10.9. The minimum absolute atomic E-state index is 0.511. The van der Waals surface area contributed by atoms with E-state index < -0.39 is 36.7 Å². The molecule has 2 rings (SSSR count). The van der Waals surface area contributed by atoms with Crippen LogP contribution in [0.25, 0.3) is 0 Å². The van der Waals surface area contributed by atoms with E-state index in [0.717, 1.165) is 0 Å². The summed E-state index contributed by atoms with van der Waals surface area (Å²) >= 11 is 0. The fourth-order valence-corrected chi connectivity index (χ4v) is 2.57. The first-order chi connectivity index (χ1) is 9.28. The second-order valence-corrected chi connectivity index (χ2v) is 4.94. The van der Waals surface area contributed by atoms with Gasteiger partial charge in [-0.15, -0.1) is 0 Å². The van der Waals surface area contributed by atoms with Crippen molar-refractivity contribution < 1.29 is 23.1 Å². The Morgan fingerprint density at radius 2 is 2.05 bits per heavy atom. The van der Waals surface area contributed by atoms with Crippen LogP contribution in [-0.4, -0.2) is 23.4 Å². The summed E-state index contributed by atoms with van der Waals surface area (Å²) in [6, 6.07) is 5.28. The van der Waals surface area contributed by atoms with Crippen LogP contribution in [0.1, 0.15) is 24.9 Å². The fourth-order valence-electron chi connectivity index (χ4n) is 2.57. The van der Waals surface area contributed by atoms with E-state index in [-0.39, 0.29) is 0 Å². The molecule has 1 amide bonds. The maximum absolute atomic E-state index is 12.6. The van der Waals surface area contributed by atoms with Gasteiger partial charge in [0.25, 0.3) is 0 Å². The average Bonchev–Trinajstić information content (AvgIpc) is 2.32. The van der Waals surface area contributed by atoms with Crippen LogP contribution < -0.4 is 10.6 Å². The summed E-state index contributed by atoms with van der Waals surface area (Å²) in [5.41, 5.74) is 1.21. The lowest BCUT2D eigenvalue weighted by Crippen LogP contribution is -2.45. The first-order valence-electron chi connectivity index (χ1n) is 6.19. The molecule has 0 radical (unpaired) electrons. The number of halogens is 3. The highest BCUT2D eigenvalue weighted by Gasteiger charge is 2.40. The molecule has 0 fully saturated rings. The second kappa shape index (κ2) is 5.22. The Kier molecular flexibility index (Phi) is 3.78. The molecule has 20 heavy (non-hydrogen) atoms. The van der Waals surface area contributed by atoms with Crippen LogP contribution in [0.15, 0.2) is 24.3 Å². The molecule has 1 aromatic carbocycles. The minimum atomic E-state index is -4.30. The van der Waals surface area contributed by atoms with Crippen molar-refractivity contribution in [3.8, 4) is 0 Å². The number of carbonyl (C=O) groups is 1. The number of hydrogen-bond donors (Lipinski definition) is 3. The van der Waals surface area contributed by atoms with E-state index in [1.165, 1.54) is 0 Å². The number of benzene rings is 1. The molecule has 0 aliphatic carbocycles. The van der Waals surface area contributed by atoms with Crippen molar-refractivity contribution in [3.63, 3.8) is 0 Å². The van der Waals surface area contributed by atoms with Gasteiger partial charge in [0, 0.05) is 17.6 Å². The molecule has 1 aromatic rings. The van der Waals surface area contributed by atoms with E-state index in [2.05, 4.69) is 10.6 Å². The SMILES string of the molecule is C[C@@H]1[C@H](CC(F)(F)F)Nc2ccccc2[C@@H]1NC(=O)O. The van der Waals surface area contributed by atoms with Crippen LogP contribution in [0.3, 0.4) is 0 Å². The predicted octanol–water partition coefficient (Wildman–Crippen LogP) is 3.38. The lowest BCUT2D eigenvalue weighted by atomic mass is 9.82. The van der Waals surface area contributed by atoms with Gasteiger partial charge in [-0.25, -0.2) is 4.79 Å². The number of carboxylic acid groups (broad SMARTS) is 1. The highest BCUT2D eigenvalue weighted by molar-refractivity contribution is 5.67. The highest BCUT2D eigenvalue weighted by atomic mass is 19.4. The van der Waals surface area contributed by atoms with E-state index in [4.69, 9.17) is 5.11 Å². The molecule has 7 heteroatoms. The zero-order chi connectivity index (χ0) is 14.9. The molecule has 3 N–H and O–H groups in total. The van der Waals surface area contributed by atoms with Crippen molar-refractivity contribution in [1.29, 1.82) is 0 Å². The minimum Gasteiger partial charge on any atom is -0.465 e. The Balaban J connectivity index is 2.32. The van der Waals surface area contributed by atoms with Crippen molar-refractivity contribution in [2.75, 3.05) is 5.32 Å². The Morgan fingerprint density at radius 3 is 2.65 bits per heavy atom. The number of alkyl halides is 3. The summed E-state index contributed by atoms with van der Waals surface area (Å²) < 4.78 is 37.8. The number of anilines is 1. The van der Waals surface area contributed by atoms with Gasteiger partial charge < -0.3 is 15.7 Å². The number of hydrogen-bond acceptors (Lipinski definition) is 2. The lowest BCUT2D eigenvalue weighted by molar-refractivity contribution is -0.140. The molecule has 1 aliphatic heterocycles. The topological polar surface area (TPSA) is 61.4 Å². The van der Waals surface area contributed by atoms with Crippen LogP contribution in [0.4, 0.5) is 23.7 Å². The third kappa shape index (κ3) is 3.15. The Labute approximate surface area is 114 Å². The van der Waals surface area contributed by atoms with Gasteiger partial charge in [-0.3, -0.25) is 0 Å². The summed E-state index contributed by atoms with van der Waals surface area (Å²) in [6.45, 7) is 1.61. The Hall–Kier alpha value is -1.92. The van der Waals surface area contributed by atoms with E-state index in [9.17, 15) is 18.0 Å². The number of fused-ring (bicyclic) bond motifs is 1. The Morgan fingerprint density at radius 1 is 1.40 bits per heavy atom. The first kappa shape index (κ1) is 14.5. The predicted molar refractivity (Wildman–Crippen MR) is 67.6 cm³/mol. The maximum Gasteiger partial charge on any atom is 0.405 e. The Bertz CT molecular complexity index is 505. The molecular weight excluding hydrogens is 273 g/mol. The number of amides is 1. The van der Waals surface area contributed by atoms with Crippen LogP contribution in [0.2, 0.25) is 0 Å². The fraction of sp³-hybridized carbons (Fsp3) is 0.462. The van der Waals surface area contributed by atoms with Crippen LogP contribution >= 0.6 is 0 Å². The molecule has 4 nitrogen and oxygen atoms in total. The lowest BCUT2D eigenvalue weighted by Gasteiger charge is -2.39. The van der Waals surface area contributed by atoms with Crippen molar-refractivity contribution in [3.05, 3.63) is 29.8 Å². The molecule has 0 bridgehead atoms. The van der Waals surface area contributed by atoms with Gasteiger partial charge in [0.15, 0.2) is 0 Å². The third-order valence-electron chi connectivity index (χ3n) is 3.53. The van der Waals surface area contributed by atoms with Gasteiger partial charge in [-0.1, -0.05) is 25.1 Å². The molecule has 3 atom stereocenters. The second-order valence-electron chi connectivity index (χ2n) is 4.94. The summed E-state index contributed by atoms with van der Waals surface area (Å²) in [7, 11) is 0. The van der Waals surface area contributed by atoms with E-state index in [0.29, 0.717) is 11.3 Å². The van der Waals surface area contributed by atoms with Crippen LogP contribution in [-0.2, 0) is 0 Å². The number of para-hydroxylation sites is 1. The molecule has 0 saturated carbocycles. The highest BCUT2D eigenvalue weighted by Crippen LogP contribution is 2.39. The largest absolute Gasteiger partial charge is 0.465 e. The van der Waals surface area contributed by atoms with E-state index in [1.807, 2.05) is 0 Å². The van der Waals surface area contributed by atoms with Gasteiger partial charge in [-0.2, -0.15) is 13.2 Å². The van der Waals surface area contributed by atoms with Crippen molar-refractivity contribution in [2.24, 2.45) is 5.92 Å². The van der Waals surface area contributed by atoms with E-state index in [1.54, 1.807) is 31.2 Å². The summed E-state index contributed by atoms with van der Waals surface area (Å²) in [6.07, 6.45) is -6.55. The van der Waals surface area contributed by atoms with Crippen LogP contribution in [0, 0.1) is 5.92 Å². The monoisotopic (exact) mass is 288 g/mol. The van der Waals surface area contributed by atoms with Gasteiger partial charge >= 0.3 is 12.3 Å². The van der Waals surface area contributed by atoms with Gasteiger partial charge in [-0.05, 0) is 11.6 Å². The third-order valence-corrected chi connectivity index (χ3v) is 3.53. The zero-order valence-electron chi connectivity index (χ0n) is 10.7. The molecule has 0 unspecified atom stereocenters. The average molecular weight is 288 g/mol. The molecule has 1 aliphatic rings. The van der Waals surface area contributed by atoms with Gasteiger partial charge in [0.1, 0.15) is 0 Å². The number of rotatable bonds is 2. The smallest absolute Gasteiger partial charge is 0.405 e. The first-order valence-corrected chi connectivity index (χ1v) is 6.19. The van der Waals surface area contributed by atoms with Gasteiger partial charge in [0.2, 0.25) is 0 Å². The maximum atomic E-state index is 12.6.